The van der Waals surface area contributed by atoms with Gasteiger partial charge in [0.05, 0.1) is 0 Å². The van der Waals surface area contributed by atoms with Crippen molar-refractivity contribution in [2.24, 2.45) is 5.73 Å². The van der Waals surface area contributed by atoms with Crippen LogP contribution in [0.2, 0.25) is 0 Å². The maximum atomic E-state index is 5.98. The van der Waals surface area contributed by atoms with Crippen molar-refractivity contribution in [3.8, 4) is 0 Å². The Morgan fingerprint density at radius 1 is 1.47 bits per heavy atom. The molecular formula is C12H22N2S. The zero-order valence-electron chi connectivity index (χ0n) is 9.78. The molecular weight excluding hydrogens is 204 g/mol. The lowest BCUT2D eigenvalue weighted by Crippen LogP contribution is -2.27. The van der Waals surface area contributed by atoms with E-state index in [2.05, 4.69) is 35.7 Å². The minimum Gasteiger partial charge on any atom is -0.328 e. The van der Waals surface area contributed by atoms with Crippen molar-refractivity contribution in [2.45, 2.75) is 38.8 Å². The van der Waals surface area contributed by atoms with E-state index in [1.807, 2.05) is 0 Å². The Kier molecular flexibility index (Phi) is 5.91. The van der Waals surface area contributed by atoms with Crippen LogP contribution in [0.25, 0.3) is 0 Å². The Hall–Kier alpha value is -0.380. The molecule has 0 radical (unpaired) electrons. The molecule has 15 heavy (non-hydrogen) atoms. The van der Waals surface area contributed by atoms with E-state index in [1.165, 1.54) is 12.0 Å². The third-order valence-electron chi connectivity index (χ3n) is 2.57. The van der Waals surface area contributed by atoms with Crippen LogP contribution in [-0.4, -0.2) is 24.5 Å². The highest BCUT2D eigenvalue weighted by molar-refractivity contribution is 7.07. The molecule has 0 amide bonds. The van der Waals surface area contributed by atoms with Gasteiger partial charge in [0.15, 0.2) is 0 Å². The van der Waals surface area contributed by atoms with Crippen LogP contribution in [0.3, 0.4) is 0 Å². The van der Waals surface area contributed by atoms with Gasteiger partial charge in [0.25, 0.3) is 0 Å². The third kappa shape index (κ3) is 5.30. The quantitative estimate of drug-likeness (QED) is 0.774. The van der Waals surface area contributed by atoms with Gasteiger partial charge in [-0.3, -0.25) is 0 Å². The summed E-state index contributed by atoms with van der Waals surface area (Å²) in [6.07, 6.45) is 3.44. The van der Waals surface area contributed by atoms with E-state index in [4.69, 9.17) is 5.73 Å². The third-order valence-corrected chi connectivity index (χ3v) is 3.31. The molecule has 1 aromatic rings. The van der Waals surface area contributed by atoms with E-state index in [0.29, 0.717) is 6.04 Å². The molecule has 0 spiro atoms. The van der Waals surface area contributed by atoms with Crippen LogP contribution < -0.4 is 5.73 Å². The average Bonchev–Trinajstić information content (AvgIpc) is 2.68. The van der Waals surface area contributed by atoms with Gasteiger partial charge >= 0.3 is 0 Å². The molecule has 0 aliphatic carbocycles. The fraction of sp³-hybridized carbons (Fsp3) is 0.667. The van der Waals surface area contributed by atoms with Crippen molar-refractivity contribution in [1.82, 2.24) is 4.90 Å². The molecule has 0 aliphatic rings. The number of nitrogens with zero attached hydrogens (tertiary/aromatic N) is 1. The predicted molar refractivity (Wildman–Crippen MR) is 68.2 cm³/mol. The number of hydrogen-bond donors (Lipinski definition) is 1. The summed E-state index contributed by atoms with van der Waals surface area (Å²) in [5.41, 5.74) is 7.39. The molecule has 1 atom stereocenters. The second-order valence-corrected chi connectivity index (χ2v) is 4.99. The fourth-order valence-corrected chi connectivity index (χ4v) is 2.33. The van der Waals surface area contributed by atoms with E-state index in [0.717, 1.165) is 25.9 Å². The Morgan fingerprint density at radius 3 is 2.87 bits per heavy atom. The molecule has 0 fully saturated rings. The summed E-state index contributed by atoms with van der Waals surface area (Å²) in [6.45, 7) is 4.33. The van der Waals surface area contributed by atoms with Gasteiger partial charge in [-0.2, -0.15) is 11.3 Å². The van der Waals surface area contributed by atoms with E-state index < -0.39 is 0 Å². The van der Waals surface area contributed by atoms with Crippen LogP contribution in [-0.2, 0) is 6.54 Å². The lowest BCUT2D eigenvalue weighted by atomic mass is 10.1. The van der Waals surface area contributed by atoms with E-state index in [-0.39, 0.29) is 0 Å². The first kappa shape index (κ1) is 12.7. The average molecular weight is 226 g/mol. The smallest absolute Gasteiger partial charge is 0.0238 e. The van der Waals surface area contributed by atoms with Crippen molar-refractivity contribution < 1.29 is 0 Å². The van der Waals surface area contributed by atoms with Crippen LogP contribution >= 0.6 is 11.3 Å². The molecule has 1 rings (SSSR count). The summed E-state index contributed by atoms with van der Waals surface area (Å²) in [4.78, 5) is 2.34. The maximum absolute atomic E-state index is 5.98. The van der Waals surface area contributed by atoms with Crippen LogP contribution in [0.1, 0.15) is 31.7 Å². The molecule has 1 unspecified atom stereocenters. The van der Waals surface area contributed by atoms with Gasteiger partial charge in [-0.1, -0.05) is 13.3 Å². The predicted octanol–water partition coefficient (Wildman–Crippen LogP) is 2.70. The van der Waals surface area contributed by atoms with Crippen molar-refractivity contribution in [2.75, 3.05) is 13.6 Å². The van der Waals surface area contributed by atoms with Crippen LogP contribution in [0, 0.1) is 0 Å². The highest BCUT2D eigenvalue weighted by Gasteiger charge is 2.04. The minimum atomic E-state index is 0.375. The molecule has 2 nitrogen and oxygen atoms in total. The van der Waals surface area contributed by atoms with Gasteiger partial charge in [0, 0.05) is 12.6 Å². The summed E-state index contributed by atoms with van der Waals surface area (Å²) >= 11 is 1.76. The summed E-state index contributed by atoms with van der Waals surface area (Å²) in [5, 5.41) is 4.34. The maximum Gasteiger partial charge on any atom is 0.0238 e. The zero-order valence-corrected chi connectivity index (χ0v) is 10.6. The Morgan fingerprint density at radius 2 is 2.27 bits per heavy atom. The standard InChI is InChI=1S/C12H22N2S/c1-3-4-12(13)5-7-14(2)9-11-6-8-15-10-11/h6,8,10,12H,3-5,7,9,13H2,1-2H3. The van der Waals surface area contributed by atoms with E-state index >= 15 is 0 Å². The van der Waals surface area contributed by atoms with Crippen LogP contribution in [0.4, 0.5) is 0 Å². The Bertz CT molecular complexity index is 246. The lowest BCUT2D eigenvalue weighted by Gasteiger charge is -2.18. The summed E-state index contributed by atoms with van der Waals surface area (Å²) in [6, 6.07) is 2.56. The number of hydrogen-bond acceptors (Lipinski definition) is 3. The van der Waals surface area contributed by atoms with Crippen molar-refractivity contribution in [1.29, 1.82) is 0 Å². The first-order chi connectivity index (χ1) is 7.22. The van der Waals surface area contributed by atoms with E-state index in [9.17, 15) is 0 Å². The molecule has 1 heterocycles. The Balaban J connectivity index is 2.16. The normalized spacial score (nSPS) is 13.3. The molecule has 3 heteroatoms. The second-order valence-electron chi connectivity index (χ2n) is 4.21. The first-order valence-electron chi connectivity index (χ1n) is 5.67. The van der Waals surface area contributed by atoms with Gasteiger partial charge < -0.3 is 10.6 Å². The van der Waals surface area contributed by atoms with Crippen LogP contribution in [0.5, 0.6) is 0 Å². The van der Waals surface area contributed by atoms with Gasteiger partial charge in [-0.25, -0.2) is 0 Å². The Labute approximate surface area is 97.1 Å². The summed E-state index contributed by atoms with van der Waals surface area (Å²) in [5.74, 6) is 0. The minimum absolute atomic E-state index is 0.375. The monoisotopic (exact) mass is 226 g/mol. The first-order valence-corrected chi connectivity index (χ1v) is 6.62. The van der Waals surface area contributed by atoms with Gasteiger partial charge in [-0.05, 0) is 48.8 Å². The van der Waals surface area contributed by atoms with E-state index in [1.54, 1.807) is 11.3 Å². The fourth-order valence-electron chi connectivity index (χ4n) is 1.67. The zero-order chi connectivity index (χ0) is 11.1. The number of nitrogens with two attached hydrogens (primary N) is 1. The van der Waals surface area contributed by atoms with Gasteiger partial charge in [0.1, 0.15) is 0 Å². The molecule has 0 saturated heterocycles. The molecule has 0 saturated carbocycles. The highest BCUT2D eigenvalue weighted by Crippen LogP contribution is 2.09. The van der Waals surface area contributed by atoms with Crippen molar-refractivity contribution in [3.63, 3.8) is 0 Å². The van der Waals surface area contributed by atoms with Gasteiger partial charge in [-0.15, -0.1) is 0 Å². The topological polar surface area (TPSA) is 29.3 Å². The van der Waals surface area contributed by atoms with Crippen molar-refractivity contribution >= 4 is 11.3 Å². The highest BCUT2D eigenvalue weighted by atomic mass is 32.1. The van der Waals surface area contributed by atoms with Crippen molar-refractivity contribution in [3.05, 3.63) is 22.4 Å². The molecule has 2 N–H and O–H groups in total. The SMILES string of the molecule is CCCC(N)CCN(C)Cc1ccsc1. The van der Waals surface area contributed by atoms with Gasteiger partial charge in [0.2, 0.25) is 0 Å². The lowest BCUT2D eigenvalue weighted by molar-refractivity contribution is 0.308. The molecule has 0 bridgehead atoms. The second kappa shape index (κ2) is 6.99. The molecule has 0 aliphatic heterocycles. The summed E-state index contributed by atoms with van der Waals surface area (Å²) < 4.78 is 0. The largest absolute Gasteiger partial charge is 0.328 e. The number of thiophene rings is 1. The molecule has 0 aromatic carbocycles. The number of rotatable bonds is 7. The molecule has 86 valence electrons. The molecule has 1 aromatic heterocycles. The summed E-state index contributed by atoms with van der Waals surface area (Å²) in [7, 11) is 2.16. The van der Waals surface area contributed by atoms with Crippen LogP contribution in [0.15, 0.2) is 16.8 Å².